The van der Waals surface area contributed by atoms with Crippen LogP contribution in [0, 0.1) is 17.8 Å². The van der Waals surface area contributed by atoms with E-state index in [2.05, 4.69) is 21.8 Å². The molecule has 13 heavy (non-hydrogen) atoms. The van der Waals surface area contributed by atoms with Crippen LogP contribution in [0.3, 0.4) is 0 Å². The summed E-state index contributed by atoms with van der Waals surface area (Å²) < 4.78 is 0. The maximum Gasteiger partial charge on any atom is 0.170 e. The lowest BCUT2D eigenvalue weighted by molar-refractivity contribution is 0.111. The largest absolute Gasteiger partial charge is 0.296 e. The van der Waals surface area contributed by atoms with E-state index in [1.807, 2.05) is 0 Å². The predicted molar refractivity (Wildman–Crippen MR) is 47.0 cm³/mol. The van der Waals surface area contributed by atoms with E-state index < -0.39 is 0 Å². The highest BCUT2D eigenvalue weighted by Gasteiger charge is 2.17. The minimum absolute atomic E-state index is 0.344. The van der Waals surface area contributed by atoms with Gasteiger partial charge in [0, 0.05) is 5.92 Å². The first kappa shape index (κ1) is 7.93. The molecule has 1 aromatic rings. The molecule has 0 unspecified atom stereocenters. The average molecular weight is 172 g/mol. The van der Waals surface area contributed by atoms with Gasteiger partial charge in [-0.1, -0.05) is 5.92 Å². The molecule has 0 aromatic carbocycles. The first-order valence-electron chi connectivity index (χ1n) is 4.17. The third-order valence-electron chi connectivity index (χ3n) is 1.77. The van der Waals surface area contributed by atoms with Crippen LogP contribution in [0.1, 0.15) is 29.0 Å². The third kappa shape index (κ3) is 2.12. The van der Waals surface area contributed by atoms with Gasteiger partial charge >= 0.3 is 0 Å². The smallest absolute Gasteiger partial charge is 0.170 e. The predicted octanol–water partition coefficient (Wildman–Crippen LogP) is 1.05. The molecule has 0 saturated heterocycles. The maximum atomic E-state index is 10.3. The van der Waals surface area contributed by atoms with Crippen LogP contribution < -0.4 is 0 Å². The summed E-state index contributed by atoms with van der Waals surface area (Å²) in [6.07, 6.45) is 6.04. The van der Waals surface area contributed by atoms with Gasteiger partial charge in [0.05, 0.1) is 12.4 Å². The Kier molecular flexibility index (Phi) is 2.05. The number of carbonyl (C=O) groups excluding carboxylic acids is 1. The number of hydrogen-bond donors (Lipinski definition) is 0. The maximum absolute atomic E-state index is 10.3. The summed E-state index contributed by atoms with van der Waals surface area (Å²) in [5.74, 6) is 6.55. The fraction of sp³-hybridized carbons (Fsp3) is 0.300. The van der Waals surface area contributed by atoms with Crippen molar-refractivity contribution >= 4 is 6.29 Å². The van der Waals surface area contributed by atoms with E-state index in [-0.39, 0.29) is 0 Å². The second kappa shape index (κ2) is 3.36. The van der Waals surface area contributed by atoms with Crippen molar-refractivity contribution in [3.63, 3.8) is 0 Å². The highest BCUT2D eigenvalue weighted by Crippen LogP contribution is 2.27. The fourth-order valence-electron chi connectivity index (χ4n) is 0.867. The molecule has 1 aliphatic carbocycles. The first-order valence-corrected chi connectivity index (χ1v) is 4.17. The highest BCUT2D eigenvalue weighted by atomic mass is 16.1. The Bertz CT molecular complexity index is 368. The Hall–Kier alpha value is -1.69. The average Bonchev–Trinajstić information content (AvgIpc) is 2.99. The van der Waals surface area contributed by atoms with E-state index in [1.54, 1.807) is 0 Å². The van der Waals surface area contributed by atoms with E-state index in [9.17, 15) is 4.79 Å². The van der Waals surface area contributed by atoms with Crippen LogP contribution in [0.15, 0.2) is 12.4 Å². The van der Waals surface area contributed by atoms with E-state index in [4.69, 9.17) is 0 Å². The standard InChI is InChI=1S/C10H8N2O/c13-7-10-6-11-9(5-12-10)4-3-8-1-2-8/h5-8H,1-2H2. The summed E-state index contributed by atoms with van der Waals surface area (Å²) in [5.41, 5.74) is 0.981. The molecule has 3 heteroatoms. The second-order valence-electron chi connectivity index (χ2n) is 2.99. The van der Waals surface area contributed by atoms with Crippen LogP contribution in [0.25, 0.3) is 0 Å². The van der Waals surface area contributed by atoms with Crippen molar-refractivity contribution in [2.75, 3.05) is 0 Å². The van der Waals surface area contributed by atoms with Crippen molar-refractivity contribution in [1.82, 2.24) is 9.97 Å². The van der Waals surface area contributed by atoms with Crippen LogP contribution >= 0.6 is 0 Å². The summed E-state index contributed by atoms with van der Waals surface area (Å²) in [6.45, 7) is 0. The molecule has 1 aromatic heterocycles. The van der Waals surface area contributed by atoms with Gasteiger partial charge in [0.1, 0.15) is 11.4 Å². The zero-order chi connectivity index (χ0) is 9.10. The number of rotatable bonds is 1. The van der Waals surface area contributed by atoms with Crippen LogP contribution in [0.2, 0.25) is 0 Å². The van der Waals surface area contributed by atoms with Crippen molar-refractivity contribution in [2.45, 2.75) is 12.8 Å². The van der Waals surface area contributed by atoms with Crippen LogP contribution in [0.4, 0.5) is 0 Å². The topological polar surface area (TPSA) is 42.9 Å². The minimum Gasteiger partial charge on any atom is -0.296 e. The van der Waals surface area contributed by atoms with Gasteiger partial charge in [-0.05, 0) is 18.8 Å². The molecule has 0 amide bonds. The molecule has 0 N–H and O–H groups in total. The molecule has 1 saturated carbocycles. The number of carbonyl (C=O) groups is 1. The van der Waals surface area contributed by atoms with Crippen molar-refractivity contribution < 1.29 is 4.79 Å². The molecule has 0 aliphatic heterocycles. The SMILES string of the molecule is O=Cc1cnc(C#CC2CC2)cn1. The Morgan fingerprint density at radius 1 is 1.38 bits per heavy atom. The summed E-state index contributed by atoms with van der Waals surface area (Å²) >= 11 is 0. The Morgan fingerprint density at radius 3 is 2.77 bits per heavy atom. The molecule has 0 bridgehead atoms. The van der Waals surface area contributed by atoms with Gasteiger partial charge < -0.3 is 0 Å². The van der Waals surface area contributed by atoms with Gasteiger partial charge in [0.25, 0.3) is 0 Å². The molecular weight excluding hydrogens is 164 g/mol. The van der Waals surface area contributed by atoms with Crippen molar-refractivity contribution in [3.8, 4) is 11.8 Å². The molecule has 64 valence electrons. The van der Waals surface area contributed by atoms with Gasteiger partial charge in [0.2, 0.25) is 0 Å². The molecule has 0 atom stereocenters. The van der Waals surface area contributed by atoms with E-state index in [0.29, 0.717) is 23.6 Å². The lowest BCUT2D eigenvalue weighted by Crippen LogP contribution is -1.90. The van der Waals surface area contributed by atoms with E-state index >= 15 is 0 Å². The van der Waals surface area contributed by atoms with Gasteiger partial charge in [-0.15, -0.1) is 0 Å². The van der Waals surface area contributed by atoms with Crippen LogP contribution in [-0.4, -0.2) is 16.3 Å². The third-order valence-corrected chi connectivity index (χ3v) is 1.77. The molecule has 1 aliphatic rings. The zero-order valence-corrected chi connectivity index (χ0v) is 7.03. The molecule has 0 spiro atoms. The fourth-order valence-corrected chi connectivity index (χ4v) is 0.867. The van der Waals surface area contributed by atoms with Crippen molar-refractivity contribution in [3.05, 3.63) is 23.8 Å². The molecule has 0 radical (unpaired) electrons. The van der Waals surface area contributed by atoms with Crippen LogP contribution in [0.5, 0.6) is 0 Å². The molecular formula is C10H8N2O. The summed E-state index contributed by atoms with van der Waals surface area (Å²) in [4.78, 5) is 18.1. The number of aromatic nitrogens is 2. The Morgan fingerprint density at radius 2 is 2.23 bits per heavy atom. The summed E-state index contributed by atoms with van der Waals surface area (Å²) in [7, 11) is 0. The van der Waals surface area contributed by atoms with E-state index in [0.717, 1.165) is 0 Å². The van der Waals surface area contributed by atoms with Crippen molar-refractivity contribution in [2.24, 2.45) is 5.92 Å². The summed E-state index contributed by atoms with van der Waals surface area (Å²) in [5, 5.41) is 0. The van der Waals surface area contributed by atoms with Gasteiger partial charge in [-0.3, -0.25) is 4.79 Å². The molecule has 2 rings (SSSR count). The second-order valence-corrected chi connectivity index (χ2v) is 2.99. The number of hydrogen-bond acceptors (Lipinski definition) is 3. The Balaban J connectivity index is 2.13. The minimum atomic E-state index is 0.344. The number of aldehydes is 1. The lowest BCUT2D eigenvalue weighted by atomic mass is 10.3. The molecule has 1 heterocycles. The highest BCUT2D eigenvalue weighted by molar-refractivity contribution is 5.70. The van der Waals surface area contributed by atoms with Crippen LogP contribution in [-0.2, 0) is 0 Å². The number of nitrogens with zero attached hydrogens (tertiary/aromatic N) is 2. The lowest BCUT2D eigenvalue weighted by Gasteiger charge is -1.88. The zero-order valence-electron chi connectivity index (χ0n) is 7.03. The normalized spacial score (nSPS) is 14.5. The Labute approximate surface area is 76.2 Å². The van der Waals surface area contributed by atoms with E-state index in [1.165, 1.54) is 25.2 Å². The molecule has 1 fully saturated rings. The van der Waals surface area contributed by atoms with Crippen molar-refractivity contribution in [1.29, 1.82) is 0 Å². The monoisotopic (exact) mass is 172 g/mol. The molecule has 3 nitrogen and oxygen atoms in total. The van der Waals surface area contributed by atoms with Gasteiger partial charge in [-0.2, -0.15) is 0 Å². The van der Waals surface area contributed by atoms with Gasteiger partial charge in [-0.25, -0.2) is 9.97 Å². The first-order chi connectivity index (χ1) is 6.38. The van der Waals surface area contributed by atoms with Gasteiger partial charge in [0.15, 0.2) is 6.29 Å². The summed E-state index contributed by atoms with van der Waals surface area (Å²) in [6, 6.07) is 0. The quantitative estimate of drug-likeness (QED) is 0.469.